The second-order valence-electron chi connectivity index (χ2n) is 8.82. The molecule has 0 saturated carbocycles. The molecule has 3 rings (SSSR count). The van der Waals surface area contributed by atoms with Gasteiger partial charge in [0.2, 0.25) is 0 Å². The summed E-state index contributed by atoms with van der Waals surface area (Å²) in [5.74, 6) is -3.23. The Morgan fingerprint density at radius 3 is 2.56 bits per heavy atom. The van der Waals surface area contributed by atoms with Crippen molar-refractivity contribution in [1.29, 1.82) is 0 Å². The molecule has 0 aromatic rings. The summed E-state index contributed by atoms with van der Waals surface area (Å²) in [4.78, 5) is 36.5. The minimum Gasteiger partial charge on any atom is -0.461 e. The third kappa shape index (κ3) is 4.37. The van der Waals surface area contributed by atoms with Crippen molar-refractivity contribution in [3.63, 3.8) is 0 Å². The maximum absolute atomic E-state index is 12.7. The lowest BCUT2D eigenvalue weighted by molar-refractivity contribution is -0.318. The lowest BCUT2D eigenvalue weighted by Gasteiger charge is -2.43. The Morgan fingerprint density at radius 2 is 1.97 bits per heavy atom. The number of hydrogen-bond donors (Lipinski definition) is 1. The predicted molar refractivity (Wildman–Crippen MR) is 111 cm³/mol. The highest BCUT2D eigenvalue weighted by atomic mass is 16.7. The van der Waals surface area contributed by atoms with Gasteiger partial charge in [-0.25, -0.2) is 9.59 Å². The second kappa shape index (κ2) is 8.46. The fourth-order valence-electron chi connectivity index (χ4n) is 4.33. The van der Waals surface area contributed by atoms with Crippen LogP contribution in [0.5, 0.6) is 0 Å². The van der Waals surface area contributed by atoms with Crippen LogP contribution in [-0.2, 0) is 38.1 Å². The monoisotopic (exact) mass is 450 g/mol. The molecular weight excluding hydrogens is 420 g/mol. The molecule has 0 aliphatic carbocycles. The van der Waals surface area contributed by atoms with E-state index in [1.165, 1.54) is 13.8 Å². The molecule has 176 valence electrons. The highest BCUT2D eigenvalue weighted by molar-refractivity contribution is 5.96. The highest BCUT2D eigenvalue weighted by Gasteiger charge is 2.60. The van der Waals surface area contributed by atoms with Crippen LogP contribution in [-0.4, -0.2) is 59.3 Å². The summed E-state index contributed by atoms with van der Waals surface area (Å²) in [7, 11) is 0. The van der Waals surface area contributed by atoms with E-state index in [0.717, 1.165) is 0 Å². The Morgan fingerprint density at radius 1 is 1.28 bits per heavy atom. The van der Waals surface area contributed by atoms with Crippen LogP contribution in [0.4, 0.5) is 0 Å². The quantitative estimate of drug-likeness (QED) is 0.369. The number of esters is 3. The molecule has 2 bridgehead atoms. The second-order valence-corrected chi connectivity index (χ2v) is 8.82. The number of aliphatic hydroxyl groups is 1. The summed E-state index contributed by atoms with van der Waals surface area (Å²) in [6, 6.07) is 0. The van der Waals surface area contributed by atoms with Crippen LogP contribution in [0.25, 0.3) is 0 Å². The van der Waals surface area contributed by atoms with E-state index in [4.69, 9.17) is 23.7 Å². The average Bonchev–Trinajstić information content (AvgIpc) is 3.17. The lowest BCUT2D eigenvalue weighted by atomic mass is 9.82. The Labute approximate surface area is 187 Å². The Kier molecular flexibility index (Phi) is 6.38. The van der Waals surface area contributed by atoms with Crippen molar-refractivity contribution in [2.45, 2.75) is 77.0 Å². The molecule has 9 heteroatoms. The SMILES string of the molecule is C=C(C)C(=O)O[C@@H]1C[C@@](C)(O)[C@]2(OCC)CC[C@](C)(C=C3OC(=O)C(COC(C)=O)=C31)O2. The molecule has 3 aliphatic rings. The third-order valence-electron chi connectivity index (χ3n) is 5.95. The molecule has 0 amide bonds. The van der Waals surface area contributed by atoms with E-state index < -0.39 is 41.0 Å². The fraction of sp³-hybridized carbons (Fsp3) is 0.609. The van der Waals surface area contributed by atoms with E-state index in [0.29, 0.717) is 12.8 Å². The fourth-order valence-corrected chi connectivity index (χ4v) is 4.33. The van der Waals surface area contributed by atoms with Crippen LogP contribution in [0.15, 0.2) is 35.1 Å². The first-order chi connectivity index (χ1) is 14.8. The van der Waals surface area contributed by atoms with Crippen molar-refractivity contribution < 1.29 is 43.2 Å². The third-order valence-corrected chi connectivity index (χ3v) is 5.95. The van der Waals surface area contributed by atoms with Crippen LogP contribution < -0.4 is 0 Å². The molecule has 4 atom stereocenters. The van der Waals surface area contributed by atoms with E-state index in [1.807, 2.05) is 0 Å². The summed E-state index contributed by atoms with van der Waals surface area (Å²) >= 11 is 0. The number of hydrogen-bond acceptors (Lipinski definition) is 9. The van der Waals surface area contributed by atoms with Crippen LogP contribution in [0.2, 0.25) is 0 Å². The van der Waals surface area contributed by atoms with Crippen LogP contribution in [0, 0.1) is 0 Å². The zero-order chi connectivity index (χ0) is 23.9. The molecule has 0 unspecified atom stereocenters. The Hall–Kier alpha value is -2.49. The summed E-state index contributed by atoms with van der Waals surface area (Å²) in [6.45, 7) is 11.4. The molecule has 0 aromatic heterocycles. The van der Waals surface area contributed by atoms with Crippen molar-refractivity contribution in [3.8, 4) is 0 Å². The Balaban J connectivity index is 2.19. The Bertz CT molecular complexity index is 912. The van der Waals surface area contributed by atoms with E-state index in [-0.39, 0.29) is 42.1 Å². The standard InChI is InChI=1S/C23H30O9/c1-7-29-23-9-8-21(5,32-23)10-16-18(15(20(26)31-16)12-28-14(4)24)17(11-22(23,6)27)30-19(25)13(2)3/h10,17,27H,2,7-9,11-12H2,1,3-6H3/t17-,21-,22-,23+/m1/s1. The molecule has 1 fully saturated rings. The molecule has 3 heterocycles. The van der Waals surface area contributed by atoms with Gasteiger partial charge in [-0.05, 0) is 40.2 Å². The highest BCUT2D eigenvalue weighted by Crippen LogP contribution is 2.51. The predicted octanol–water partition coefficient (Wildman–Crippen LogP) is 2.23. The molecule has 3 aliphatic heterocycles. The molecule has 9 nitrogen and oxygen atoms in total. The van der Waals surface area contributed by atoms with Gasteiger partial charge >= 0.3 is 17.9 Å². The van der Waals surface area contributed by atoms with Gasteiger partial charge in [-0.2, -0.15) is 0 Å². The van der Waals surface area contributed by atoms with E-state index in [2.05, 4.69) is 6.58 Å². The van der Waals surface area contributed by atoms with E-state index in [9.17, 15) is 19.5 Å². The van der Waals surface area contributed by atoms with Gasteiger partial charge < -0.3 is 28.8 Å². The van der Waals surface area contributed by atoms with Gasteiger partial charge in [0.1, 0.15) is 24.1 Å². The van der Waals surface area contributed by atoms with Gasteiger partial charge in [-0.3, -0.25) is 4.79 Å². The number of fused-ring (bicyclic) bond motifs is 3. The number of carbonyl (C=O) groups excluding carboxylic acids is 3. The number of rotatable bonds is 6. The molecule has 0 radical (unpaired) electrons. The van der Waals surface area contributed by atoms with Crippen LogP contribution >= 0.6 is 0 Å². The van der Waals surface area contributed by atoms with E-state index >= 15 is 0 Å². The molecule has 32 heavy (non-hydrogen) atoms. The van der Waals surface area contributed by atoms with Crippen molar-refractivity contribution in [1.82, 2.24) is 0 Å². The first kappa shape index (κ1) is 24.2. The zero-order valence-electron chi connectivity index (χ0n) is 19.1. The molecular formula is C23H30O9. The van der Waals surface area contributed by atoms with Crippen molar-refractivity contribution >= 4 is 17.9 Å². The normalized spacial score (nSPS) is 34.0. The van der Waals surface area contributed by atoms with Gasteiger partial charge in [0, 0.05) is 37.5 Å². The van der Waals surface area contributed by atoms with Gasteiger partial charge in [-0.15, -0.1) is 0 Å². The summed E-state index contributed by atoms with van der Waals surface area (Å²) in [5, 5.41) is 11.6. The minimum absolute atomic E-state index is 0.0357. The first-order valence-corrected chi connectivity index (χ1v) is 10.6. The van der Waals surface area contributed by atoms with Crippen molar-refractivity contribution in [3.05, 3.63) is 35.1 Å². The number of carbonyl (C=O) groups is 3. The molecule has 0 aromatic carbocycles. The van der Waals surface area contributed by atoms with Crippen molar-refractivity contribution in [2.24, 2.45) is 0 Å². The maximum atomic E-state index is 12.7. The van der Waals surface area contributed by atoms with Gasteiger partial charge in [0.15, 0.2) is 5.79 Å². The van der Waals surface area contributed by atoms with Gasteiger partial charge in [0.25, 0.3) is 0 Å². The molecule has 0 spiro atoms. The van der Waals surface area contributed by atoms with E-state index in [1.54, 1.807) is 26.8 Å². The molecule has 1 saturated heterocycles. The van der Waals surface area contributed by atoms with Crippen molar-refractivity contribution in [2.75, 3.05) is 13.2 Å². The zero-order valence-corrected chi connectivity index (χ0v) is 19.1. The van der Waals surface area contributed by atoms with Gasteiger partial charge in [0.05, 0.1) is 11.2 Å². The summed E-state index contributed by atoms with van der Waals surface area (Å²) in [5.41, 5.74) is -2.13. The lowest BCUT2D eigenvalue weighted by Crippen LogP contribution is -2.56. The maximum Gasteiger partial charge on any atom is 0.343 e. The first-order valence-electron chi connectivity index (χ1n) is 10.6. The van der Waals surface area contributed by atoms with Gasteiger partial charge in [-0.1, -0.05) is 6.58 Å². The summed E-state index contributed by atoms with van der Waals surface area (Å²) < 4.78 is 28.4. The van der Waals surface area contributed by atoms with Crippen LogP contribution in [0.1, 0.15) is 53.9 Å². The topological polar surface area (TPSA) is 118 Å². The minimum atomic E-state index is -1.62. The average molecular weight is 450 g/mol. The smallest absolute Gasteiger partial charge is 0.343 e. The number of ether oxygens (including phenoxy) is 5. The summed E-state index contributed by atoms with van der Waals surface area (Å²) in [6.07, 6.45) is 1.23. The molecule has 1 N–H and O–H groups in total. The van der Waals surface area contributed by atoms with Crippen LogP contribution in [0.3, 0.4) is 0 Å². The largest absolute Gasteiger partial charge is 0.461 e.